The van der Waals surface area contributed by atoms with E-state index < -0.39 is 0 Å². The molecule has 0 atom stereocenters. The number of hydrogen-bond donors (Lipinski definition) is 1. The summed E-state index contributed by atoms with van der Waals surface area (Å²) in [5.41, 5.74) is 4.58. The van der Waals surface area contributed by atoms with E-state index in [9.17, 15) is 4.79 Å². The maximum atomic E-state index is 13.1. The van der Waals surface area contributed by atoms with Crippen LogP contribution in [0.3, 0.4) is 0 Å². The lowest BCUT2D eigenvalue weighted by Gasteiger charge is -2.10. The fraction of sp³-hybridized carbons (Fsp3) is 0.115. The number of anilines is 1. The largest absolute Gasteiger partial charge is 0.494 e. The van der Waals surface area contributed by atoms with Gasteiger partial charge in [0.25, 0.3) is 5.91 Å². The summed E-state index contributed by atoms with van der Waals surface area (Å²) in [6.07, 6.45) is 0. The molecule has 1 N–H and O–H groups in total. The lowest BCUT2D eigenvalue weighted by Crippen LogP contribution is -2.13. The second-order valence-electron chi connectivity index (χ2n) is 7.55. The van der Waals surface area contributed by atoms with Crippen LogP contribution in [0.4, 0.5) is 5.69 Å². The summed E-state index contributed by atoms with van der Waals surface area (Å²) in [7, 11) is 0. The molecule has 0 aliphatic heterocycles. The van der Waals surface area contributed by atoms with Crippen molar-refractivity contribution in [1.29, 1.82) is 0 Å². The molecule has 0 saturated carbocycles. The average Bonchev–Trinajstić information content (AvgIpc) is 3.22. The van der Waals surface area contributed by atoms with Gasteiger partial charge in [-0.1, -0.05) is 36.4 Å². The van der Waals surface area contributed by atoms with Crippen LogP contribution < -0.4 is 10.1 Å². The molecule has 0 bridgehead atoms. The standard InChI is InChI=1S/C26H22N4O2/c1-3-32-20-13-11-19(12-14-20)30-28-24-15-17(2)23(16-25(24)29-30)27-26(31)22-10-6-8-18-7-4-5-9-21(18)22/h4-16H,3H2,1-2H3,(H,27,31). The van der Waals surface area contributed by atoms with Crippen molar-refractivity contribution in [2.24, 2.45) is 0 Å². The minimum atomic E-state index is -0.150. The fourth-order valence-corrected chi connectivity index (χ4v) is 3.77. The highest BCUT2D eigenvalue weighted by Crippen LogP contribution is 2.25. The van der Waals surface area contributed by atoms with Crippen molar-refractivity contribution in [3.8, 4) is 11.4 Å². The average molecular weight is 422 g/mol. The first kappa shape index (κ1) is 19.8. The minimum absolute atomic E-state index is 0.150. The molecule has 1 heterocycles. The van der Waals surface area contributed by atoms with Crippen molar-refractivity contribution in [2.45, 2.75) is 13.8 Å². The highest BCUT2D eigenvalue weighted by molar-refractivity contribution is 6.13. The monoisotopic (exact) mass is 422 g/mol. The van der Waals surface area contributed by atoms with Crippen molar-refractivity contribution in [1.82, 2.24) is 15.0 Å². The van der Waals surface area contributed by atoms with Gasteiger partial charge in [-0.15, -0.1) is 10.2 Å². The molecule has 6 heteroatoms. The number of aryl methyl sites for hydroxylation is 1. The van der Waals surface area contributed by atoms with Crippen LogP contribution in [0.2, 0.25) is 0 Å². The molecule has 158 valence electrons. The zero-order valence-corrected chi connectivity index (χ0v) is 17.9. The molecule has 6 nitrogen and oxygen atoms in total. The van der Waals surface area contributed by atoms with Gasteiger partial charge in [0.2, 0.25) is 0 Å². The van der Waals surface area contributed by atoms with Crippen LogP contribution in [0.25, 0.3) is 27.5 Å². The van der Waals surface area contributed by atoms with Gasteiger partial charge >= 0.3 is 0 Å². The number of carbonyl (C=O) groups is 1. The Morgan fingerprint density at radius 2 is 1.66 bits per heavy atom. The predicted molar refractivity (Wildman–Crippen MR) is 127 cm³/mol. The normalized spacial score (nSPS) is 11.1. The van der Waals surface area contributed by atoms with Gasteiger partial charge in [-0.3, -0.25) is 4.79 Å². The molecular weight excluding hydrogens is 400 g/mol. The van der Waals surface area contributed by atoms with Crippen molar-refractivity contribution in [3.05, 3.63) is 90.0 Å². The molecule has 5 rings (SSSR count). The number of aromatic nitrogens is 3. The van der Waals surface area contributed by atoms with Crippen LogP contribution in [0.15, 0.2) is 78.9 Å². The third-order valence-electron chi connectivity index (χ3n) is 5.39. The Bertz CT molecular complexity index is 1430. The molecule has 0 aliphatic rings. The number of hydrogen-bond acceptors (Lipinski definition) is 4. The molecule has 0 spiro atoms. The van der Waals surface area contributed by atoms with Gasteiger partial charge in [0.1, 0.15) is 16.8 Å². The van der Waals surface area contributed by atoms with Crippen molar-refractivity contribution in [3.63, 3.8) is 0 Å². The van der Waals surface area contributed by atoms with Crippen LogP contribution in [0.1, 0.15) is 22.8 Å². The van der Waals surface area contributed by atoms with E-state index >= 15 is 0 Å². The summed E-state index contributed by atoms with van der Waals surface area (Å²) >= 11 is 0. The van der Waals surface area contributed by atoms with Crippen LogP contribution in [-0.2, 0) is 0 Å². The van der Waals surface area contributed by atoms with Crippen LogP contribution in [0.5, 0.6) is 5.75 Å². The molecule has 5 aromatic rings. The third-order valence-corrected chi connectivity index (χ3v) is 5.39. The molecule has 0 saturated heterocycles. The van der Waals surface area contributed by atoms with E-state index in [1.165, 1.54) is 0 Å². The Balaban J connectivity index is 1.46. The molecule has 32 heavy (non-hydrogen) atoms. The Kier molecular flexibility index (Phi) is 5.03. The number of nitrogens with zero attached hydrogens (tertiary/aromatic N) is 3. The van der Waals surface area contributed by atoms with Gasteiger partial charge in [-0.2, -0.15) is 4.80 Å². The van der Waals surface area contributed by atoms with E-state index in [-0.39, 0.29) is 5.91 Å². The Labute approximate surface area is 185 Å². The van der Waals surface area contributed by atoms with Gasteiger partial charge in [0.15, 0.2) is 0 Å². The summed E-state index contributed by atoms with van der Waals surface area (Å²) < 4.78 is 5.50. The molecule has 0 fully saturated rings. The third kappa shape index (κ3) is 3.67. The quantitative estimate of drug-likeness (QED) is 0.404. The van der Waals surface area contributed by atoms with E-state index in [2.05, 4.69) is 15.5 Å². The van der Waals surface area contributed by atoms with Gasteiger partial charge < -0.3 is 10.1 Å². The molecule has 4 aromatic carbocycles. The zero-order valence-electron chi connectivity index (χ0n) is 17.9. The molecule has 1 amide bonds. The van der Waals surface area contributed by atoms with Crippen LogP contribution in [0, 0.1) is 6.92 Å². The summed E-state index contributed by atoms with van der Waals surface area (Å²) in [4.78, 5) is 14.7. The van der Waals surface area contributed by atoms with E-state index in [4.69, 9.17) is 4.74 Å². The first-order chi connectivity index (χ1) is 15.6. The molecular formula is C26H22N4O2. The summed E-state index contributed by atoms with van der Waals surface area (Å²) in [6.45, 7) is 4.53. The SMILES string of the molecule is CCOc1ccc(-n2nc3cc(C)c(NC(=O)c4cccc5ccccc45)cc3n2)cc1. The second-order valence-corrected chi connectivity index (χ2v) is 7.55. The highest BCUT2D eigenvalue weighted by atomic mass is 16.5. The maximum Gasteiger partial charge on any atom is 0.256 e. The number of rotatable bonds is 5. The number of amides is 1. The van der Waals surface area contributed by atoms with E-state index in [1.807, 2.05) is 92.7 Å². The summed E-state index contributed by atoms with van der Waals surface area (Å²) in [5, 5.41) is 14.2. The van der Waals surface area contributed by atoms with Gasteiger partial charge in [-0.05, 0) is 72.6 Å². The van der Waals surface area contributed by atoms with Crippen molar-refractivity contribution >= 4 is 33.4 Å². The number of benzene rings is 4. The Morgan fingerprint density at radius 3 is 2.44 bits per heavy atom. The topological polar surface area (TPSA) is 69.0 Å². The molecule has 1 aromatic heterocycles. The van der Waals surface area contributed by atoms with Gasteiger partial charge in [0, 0.05) is 11.3 Å². The number of ether oxygens (including phenoxy) is 1. The van der Waals surface area contributed by atoms with Gasteiger partial charge in [0.05, 0.1) is 12.3 Å². The summed E-state index contributed by atoms with van der Waals surface area (Å²) in [5.74, 6) is 0.658. The van der Waals surface area contributed by atoms with Crippen molar-refractivity contribution in [2.75, 3.05) is 11.9 Å². The predicted octanol–water partition coefficient (Wildman–Crippen LogP) is 5.53. The smallest absolute Gasteiger partial charge is 0.256 e. The molecule has 0 radical (unpaired) electrons. The van der Waals surface area contributed by atoms with E-state index in [1.54, 1.807) is 4.80 Å². The second kappa shape index (κ2) is 8.15. The lowest BCUT2D eigenvalue weighted by atomic mass is 10.0. The van der Waals surface area contributed by atoms with Gasteiger partial charge in [-0.25, -0.2) is 0 Å². The van der Waals surface area contributed by atoms with Crippen molar-refractivity contribution < 1.29 is 9.53 Å². The number of fused-ring (bicyclic) bond motifs is 2. The van der Waals surface area contributed by atoms with Crippen LogP contribution in [-0.4, -0.2) is 27.5 Å². The van der Waals surface area contributed by atoms with E-state index in [0.29, 0.717) is 23.4 Å². The lowest BCUT2D eigenvalue weighted by molar-refractivity contribution is 0.102. The minimum Gasteiger partial charge on any atom is -0.494 e. The molecule has 0 unspecified atom stereocenters. The van der Waals surface area contributed by atoms with E-state index in [0.717, 1.165) is 33.3 Å². The fourth-order valence-electron chi connectivity index (χ4n) is 3.77. The number of carbonyl (C=O) groups excluding carboxylic acids is 1. The molecule has 0 aliphatic carbocycles. The zero-order chi connectivity index (χ0) is 22.1. The number of nitrogens with one attached hydrogen (secondary N) is 1. The Morgan fingerprint density at radius 1 is 0.938 bits per heavy atom. The first-order valence-corrected chi connectivity index (χ1v) is 10.5. The first-order valence-electron chi connectivity index (χ1n) is 10.5. The maximum absolute atomic E-state index is 13.1. The Hall–Kier alpha value is -4.19. The van der Waals surface area contributed by atoms with Crippen LogP contribution >= 0.6 is 0 Å². The summed E-state index contributed by atoms with van der Waals surface area (Å²) in [6, 6.07) is 25.0. The highest BCUT2D eigenvalue weighted by Gasteiger charge is 2.14.